The molecule has 4 nitrogen and oxygen atoms in total. The minimum absolute atomic E-state index is 0.688. The molecule has 1 aromatic heterocycles. The van der Waals surface area contributed by atoms with E-state index < -0.39 is 0 Å². The van der Waals surface area contributed by atoms with Crippen molar-refractivity contribution in [1.29, 1.82) is 0 Å². The predicted molar refractivity (Wildman–Crippen MR) is 92.2 cm³/mol. The van der Waals surface area contributed by atoms with Crippen molar-refractivity contribution in [3.8, 4) is 0 Å². The summed E-state index contributed by atoms with van der Waals surface area (Å²) in [7, 11) is 2.18. The molecule has 0 bridgehead atoms. The lowest BCUT2D eigenvalue weighted by atomic mass is 10.2. The molecule has 0 saturated carbocycles. The fourth-order valence-electron chi connectivity index (χ4n) is 2.95. The molecule has 1 fully saturated rings. The number of likely N-dealkylation sites (N-methyl/N-ethyl adjacent to an activating group) is 2. The topological polar surface area (TPSA) is 31.4 Å². The maximum atomic E-state index is 4.76. The zero-order valence-corrected chi connectivity index (χ0v) is 14.7. The molecule has 0 aromatic carbocycles. The van der Waals surface area contributed by atoms with Crippen LogP contribution < -0.4 is 10.2 Å². The first-order chi connectivity index (χ1) is 10.1. The van der Waals surface area contributed by atoms with Crippen LogP contribution in [0.4, 0.5) is 5.13 Å². The summed E-state index contributed by atoms with van der Waals surface area (Å²) >= 11 is 1.76. The quantitative estimate of drug-likeness (QED) is 0.800. The Hall–Kier alpha value is -0.650. The van der Waals surface area contributed by atoms with Crippen LogP contribution in [0.1, 0.15) is 39.3 Å². The number of thiazole rings is 1. The molecule has 1 N–H and O–H groups in total. The van der Waals surface area contributed by atoms with E-state index in [0.29, 0.717) is 12.0 Å². The average Bonchev–Trinajstić information content (AvgIpc) is 3.07. The van der Waals surface area contributed by atoms with Crippen LogP contribution in [-0.4, -0.2) is 49.2 Å². The fourth-order valence-corrected chi connectivity index (χ4v) is 3.76. The van der Waals surface area contributed by atoms with Gasteiger partial charge in [0, 0.05) is 31.6 Å². The molecule has 1 aliphatic heterocycles. The van der Waals surface area contributed by atoms with Crippen molar-refractivity contribution in [3.63, 3.8) is 0 Å². The number of likely N-dealkylation sites (tertiary alicyclic amines) is 1. The number of anilines is 1. The van der Waals surface area contributed by atoms with Crippen molar-refractivity contribution in [3.05, 3.63) is 11.1 Å². The van der Waals surface area contributed by atoms with Gasteiger partial charge in [-0.1, -0.05) is 20.8 Å². The zero-order chi connectivity index (χ0) is 15.2. The minimum atomic E-state index is 0.688. The molecule has 0 radical (unpaired) electrons. The first-order valence-electron chi connectivity index (χ1n) is 8.20. The van der Waals surface area contributed by atoms with Gasteiger partial charge in [0.15, 0.2) is 5.13 Å². The highest BCUT2D eigenvalue weighted by molar-refractivity contribution is 7.13. The molecular formula is C16H30N4S. The van der Waals surface area contributed by atoms with Gasteiger partial charge in [0.1, 0.15) is 0 Å². The van der Waals surface area contributed by atoms with Gasteiger partial charge < -0.3 is 10.2 Å². The van der Waals surface area contributed by atoms with E-state index in [1.165, 1.54) is 31.6 Å². The third-order valence-corrected chi connectivity index (χ3v) is 5.12. The standard InChI is InChI=1S/C16H30N4S/c1-5-20-8-6-7-15(20)11-19(4)16-18-14(12-21-16)10-17-9-13(2)3/h12-13,15,17H,5-11H2,1-4H3. The van der Waals surface area contributed by atoms with E-state index >= 15 is 0 Å². The average molecular weight is 311 g/mol. The number of nitrogens with one attached hydrogen (secondary N) is 1. The van der Waals surface area contributed by atoms with Crippen LogP contribution in [0.25, 0.3) is 0 Å². The lowest BCUT2D eigenvalue weighted by Gasteiger charge is -2.27. The Labute approximate surface area is 133 Å². The summed E-state index contributed by atoms with van der Waals surface area (Å²) in [6.07, 6.45) is 2.67. The van der Waals surface area contributed by atoms with E-state index in [9.17, 15) is 0 Å². The normalized spacial score (nSPS) is 19.6. The third-order valence-electron chi connectivity index (χ3n) is 4.11. The summed E-state index contributed by atoms with van der Waals surface area (Å²) in [6.45, 7) is 12.2. The Morgan fingerprint density at radius 3 is 3.05 bits per heavy atom. The summed E-state index contributed by atoms with van der Waals surface area (Å²) in [5.41, 5.74) is 1.17. The number of rotatable bonds is 8. The Kier molecular flexibility index (Phi) is 6.45. The van der Waals surface area contributed by atoms with Gasteiger partial charge in [-0.2, -0.15) is 0 Å². The summed E-state index contributed by atoms with van der Waals surface area (Å²) in [5, 5.41) is 6.80. The molecule has 2 rings (SSSR count). The molecule has 2 heterocycles. The molecule has 1 aromatic rings. The van der Waals surface area contributed by atoms with Gasteiger partial charge in [-0.15, -0.1) is 11.3 Å². The van der Waals surface area contributed by atoms with Crippen LogP contribution in [0.5, 0.6) is 0 Å². The van der Waals surface area contributed by atoms with Gasteiger partial charge in [-0.3, -0.25) is 4.90 Å². The largest absolute Gasteiger partial charge is 0.350 e. The Balaban J connectivity index is 1.82. The molecule has 120 valence electrons. The summed E-state index contributed by atoms with van der Waals surface area (Å²) in [6, 6.07) is 0.700. The van der Waals surface area contributed by atoms with Crippen LogP contribution in [0, 0.1) is 5.92 Å². The number of aromatic nitrogens is 1. The van der Waals surface area contributed by atoms with Crippen molar-refractivity contribution in [2.24, 2.45) is 5.92 Å². The number of hydrogen-bond acceptors (Lipinski definition) is 5. The maximum absolute atomic E-state index is 4.76. The molecule has 0 amide bonds. The van der Waals surface area contributed by atoms with Crippen LogP contribution in [0.15, 0.2) is 5.38 Å². The predicted octanol–water partition coefficient (Wildman–Crippen LogP) is 2.81. The SMILES string of the molecule is CCN1CCCC1CN(C)c1nc(CNCC(C)C)cs1. The third kappa shape index (κ3) is 4.94. The molecular weight excluding hydrogens is 280 g/mol. The zero-order valence-electron chi connectivity index (χ0n) is 13.9. The van der Waals surface area contributed by atoms with E-state index in [1.807, 2.05) is 0 Å². The molecule has 21 heavy (non-hydrogen) atoms. The Morgan fingerprint density at radius 1 is 1.52 bits per heavy atom. The number of hydrogen-bond donors (Lipinski definition) is 1. The molecule has 5 heteroatoms. The first kappa shape index (κ1) is 16.7. The van der Waals surface area contributed by atoms with E-state index in [-0.39, 0.29) is 0 Å². The monoisotopic (exact) mass is 310 g/mol. The Bertz CT molecular complexity index is 418. The highest BCUT2D eigenvalue weighted by Gasteiger charge is 2.24. The van der Waals surface area contributed by atoms with Crippen LogP contribution in [0.2, 0.25) is 0 Å². The Morgan fingerprint density at radius 2 is 2.33 bits per heavy atom. The maximum Gasteiger partial charge on any atom is 0.185 e. The molecule has 1 aliphatic rings. The van der Waals surface area contributed by atoms with Crippen molar-refractivity contribution in [1.82, 2.24) is 15.2 Å². The van der Waals surface area contributed by atoms with Gasteiger partial charge >= 0.3 is 0 Å². The van der Waals surface area contributed by atoms with Crippen LogP contribution in [-0.2, 0) is 6.54 Å². The smallest absolute Gasteiger partial charge is 0.185 e. The van der Waals surface area contributed by atoms with Gasteiger partial charge in [-0.05, 0) is 38.4 Å². The van der Waals surface area contributed by atoms with E-state index in [1.54, 1.807) is 11.3 Å². The van der Waals surface area contributed by atoms with Crippen molar-refractivity contribution >= 4 is 16.5 Å². The van der Waals surface area contributed by atoms with Crippen LogP contribution >= 0.6 is 11.3 Å². The lowest BCUT2D eigenvalue weighted by molar-refractivity contribution is 0.270. The molecule has 0 aliphatic carbocycles. The summed E-state index contributed by atoms with van der Waals surface area (Å²) in [5.74, 6) is 0.688. The number of nitrogens with zero attached hydrogens (tertiary/aromatic N) is 3. The van der Waals surface area contributed by atoms with Gasteiger partial charge in [0.25, 0.3) is 0 Å². The fraction of sp³-hybridized carbons (Fsp3) is 0.812. The van der Waals surface area contributed by atoms with E-state index in [0.717, 1.165) is 24.8 Å². The van der Waals surface area contributed by atoms with E-state index in [2.05, 4.69) is 48.3 Å². The molecule has 1 saturated heterocycles. The second-order valence-electron chi connectivity index (χ2n) is 6.45. The molecule has 1 atom stereocenters. The minimum Gasteiger partial charge on any atom is -0.350 e. The van der Waals surface area contributed by atoms with Crippen molar-refractivity contribution < 1.29 is 0 Å². The van der Waals surface area contributed by atoms with Crippen molar-refractivity contribution in [2.45, 2.75) is 46.2 Å². The summed E-state index contributed by atoms with van der Waals surface area (Å²) in [4.78, 5) is 9.68. The second-order valence-corrected chi connectivity index (χ2v) is 7.29. The van der Waals surface area contributed by atoms with Gasteiger partial charge in [0.2, 0.25) is 0 Å². The first-order valence-corrected chi connectivity index (χ1v) is 9.08. The van der Waals surface area contributed by atoms with Crippen molar-refractivity contribution in [2.75, 3.05) is 38.1 Å². The second kappa shape index (κ2) is 8.11. The highest BCUT2D eigenvalue weighted by Crippen LogP contribution is 2.23. The highest BCUT2D eigenvalue weighted by atomic mass is 32.1. The van der Waals surface area contributed by atoms with E-state index in [4.69, 9.17) is 4.98 Å². The van der Waals surface area contributed by atoms with Gasteiger partial charge in [0.05, 0.1) is 5.69 Å². The summed E-state index contributed by atoms with van der Waals surface area (Å²) < 4.78 is 0. The lowest BCUT2D eigenvalue weighted by Crippen LogP contribution is -2.38. The molecule has 1 unspecified atom stereocenters. The van der Waals surface area contributed by atoms with Crippen LogP contribution in [0.3, 0.4) is 0 Å². The van der Waals surface area contributed by atoms with Gasteiger partial charge in [-0.25, -0.2) is 4.98 Å². The molecule has 0 spiro atoms.